The second kappa shape index (κ2) is 9.92. The lowest BCUT2D eigenvalue weighted by atomic mass is 9.84. The van der Waals surface area contributed by atoms with Gasteiger partial charge in [0.2, 0.25) is 0 Å². The number of amides is 1. The largest absolute Gasteiger partial charge is 0.507 e. The number of carbonyl (C=O) groups is 2. The number of aryl methyl sites for hydroxylation is 1. The summed E-state index contributed by atoms with van der Waals surface area (Å²) in [6, 6.07) is 14.8. The fraction of sp³-hybridized carbons (Fsp3) is 0.429. The van der Waals surface area contributed by atoms with Crippen LogP contribution in [0.2, 0.25) is 0 Å². The lowest BCUT2D eigenvalue weighted by Gasteiger charge is -2.28. The van der Waals surface area contributed by atoms with Gasteiger partial charge in [0.15, 0.2) is 0 Å². The summed E-state index contributed by atoms with van der Waals surface area (Å²) in [5, 5.41) is 11.5. The molecule has 1 heterocycles. The predicted molar refractivity (Wildman–Crippen MR) is 133 cm³/mol. The van der Waals surface area contributed by atoms with Crippen molar-refractivity contribution >= 4 is 17.4 Å². The maximum atomic E-state index is 13.3. The second-order valence-corrected chi connectivity index (χ2v) is 9.71. The summed E-state index contributed by atoms with van der Waals surface area (Å²) < 4.78 is 0. The molecule has 1 atom stereocenters. The van der Waals surface area contributed by atoms with Gasteiger partial charge >= 0.3 is 0 Å². The van der Waals surface area contributed by atoms with E-state index >= 15 is 0 Å². The van der Waals surface area contributed by atoms with E-state index in [-0.39, 0.29) is 16.7 Å². The van der Waals surface area contributed by atoms with E-state index in [0.717, 1.165) is 29.8 Å². The molecule has 1 fully saturated rings. The van der Waals surface area contributed by atoms with Gasteiger partial charge in [-0.1, -0.05) is 77.1 Å². The summed E-state index contributed by atoms with van der Waals surface area (Å²) in [5.41, 5.74) is 3.40. The average molecular weight is 449 g/mol. The van der Waals surface area contributed by atoms with E-state index in [9.17, 15) is 14.7 Å². The second-order valence-electron chi connectivity index (χ2n) is 9.71. The van der Waals surface area contributed by atoms with Crippen molar-refractivity contribution in [1.82, 2.24) is 9.80 Å². The Morgan fingerprint density at radius 3 is 2.24 bits per heavy atom. The van der Waals surface area contributed by atoms with E-state index in [0.29, 0.717) is 18.7 Å². The van der Waals surface area contributed by atoms with Gasteiger partial charge in [0.1, 0.15) is 5.76 Å². The van der Waals surface area contributed by atoms with Gasteiger partial charge in [0.05, 0.1) is 11.6 Å². The van der Waals surface area contributed by atoms with Gasteiger partial charge in [0.25, 0.3) is 11.7 Å². The molecule has 1 aliphatic heterocycles. The minimum absolute atomic E-state index is 0.101. The van der Waals surface area contributed by atoms with Crippen molar-refractivity contribution < 1.29 is 14.7 Å². The minimum Gasteiger partial charge on any atom is -0.507 e. The fourth-order valence-corrected chi connectivity index (χ4v) is 4.37. The maximum Gasteiger partial charge on any atom is 0.295 e. The Hall–Kier alpha value is -2.92. The molecular weight excluding hydrogens is 412 g/mol. The molecule has 3 rings (SSSR count). The average Bonchev–Trinajstić information content (AvgIpc) is 3.04. The van der Waals surface area contributed by atoms with Crippen LogP contribution >= 0.6 is 0 Å². The summed E-state index contributed by atoms with van der Waals surface area (Å²) in [6.45, 7) is 15.2. The number of Topliss-reactive ketones (excluding diaryl/α,β-unsaturated/α-hetero) is 1. The molecule has 0 aliphatic carbocycles. The minimum atomic E-state index is -0.624. The number of ketones is 1. The molecule has 0 bridgehead atoms. The molecule has 5 heteroatoms. The van der Waals surface area contributed by atoms with Gasteiger partial charge in [-0.2, -0.15) is 0 Å². The van der Waals surface area contributed by atoms with Crippen molar-refractivity contribution in [1.29, 1.82) is 0 Å². The van der Waals surface area contributed by atoms with Gasteiger partial charge < -0.3 is 14.9 Å². The zero-order chi connectivity index (χ0) is 24.3. The highest BCUT2D eigenvalue weighted by Crippen LogP contribution is 2.40. The number of nitrogens with zero attached hydrogens (tertiary/aromatic N) is 2. The Labute approximate surface area is 197 Å². The number of benzene rings is 2. The first-order valence-corrected chi connectivity index (χ1v) is 11.8. The first kappa shape index (κ1) is 24.7. The highest BCUT2D eigenvalue weighted by molar-refractivity contribution is 6.46. The number of aliphatic hydroxyl groups is 1. The topological polar surface area (TPSA) is 60.9 Å². The van der Waals surface area contributed by atoms with Crippen LogP contribution in [0.4, 0.5) is 0 Å². The van der Waals surface area contributed by atoms with Gasteiger partial charge in [-0.25, -0.2) is 0 Å². The molecule has 1 saturated heterocycles. The molecule has 0 saturated carbocycles. The molecule has 1 aliphatic rings. The Morgan fingerprint density at radius 2 is 1.67 bits per heavy atom. The quantitative estimate of drug-likeness (QED) is 0.366. The molecule has 1 N–H and O–H groups in total. The van der Waals surface area contributed by atoms with Crippen LogP contribution in [0.1, 0.15) is 62.9 Å². The van der Waals surface area contributed by atoms with Gasteiger partial charge in [0, 0.05) is 18.7 Å². The summed E-state index contributed by atoms with van der Waals surface area (Å²) in [4.78, 5) is 30.3. The van der Waals surface area contributed by atoms with E-state index in [4.69, 9.17) is 0 Å². The normalized spacial score (nSPS) is 18.4. The molecule has 1 unspecified atom stereocenters. The van der Waals surface area contributed by atoms with Crippen molar-refractivity contribution in [2.24, 2.45) is 0 Å². The van der Waals surface area contributed by atoms with Crippen molar-refractivity contribution in [3.8, 4) is 0 Å². The van der Waals surface area contributed by atoms with E-state index in [1.165, 1.54) is 0 Å². The van der Waals surface area contributed by atoms with Crippen molar-refractivity contribution in [3.05, 3.63) is 76.4 Å². The lowest BCUT2D eigenvalue weighted by Crippen LogP contribution is -2.38. The van der Waals surface area contributed by atoms with E-state index < -0.39 is 17.7 Å². The molecule has 0 radical (unpaired) electrons. The van der Waals surface area contributed by atoms with Crippen LogP contribution in [0.25, 0.3) is 5.76 Å². The first-order valence-electron chi connectivity index (χ1n) is 11.8. The van der Waals surface area contributed by atoms with Gasteiger partial charge in [-0.3, -0.25) is 9.59 Å². The van der Waals surface area contributed by atoms with Crippen molar-refractivity contribution in [2.45, 2.75) is 53.0 Å². The number of hydrogen-bond acceptors (Lipinski definition) is 4. The Morgan fingerprint density at radius 1 is 1.03 bits per heavy atom. The molecule has 2 aromatic carbocycles. The molecule has 1 amide bonds. The molecule has 5 nitrogen and oxygen atoms in total. The van der Waals surface area contributed by atoms with E-state index in [2.05, 4.69) is 39.5 Å². The highest BCUT2D eigenvalue weighted by atomic mass is 16.3. The zero-order valence-corrected chi connectivity index (χ0v) is 20.7. The van der Waals surface area contributed by atoms with Crippen LogP contribution in [-0.2, 0) is 15.0 Å². The Kier molecular flexibility index (Phi) is 7.43. The summed E-state index contributed by atoms with van der Waals surface area (Å²) in [7, 11) is 0. The standard InChI is InChI=1S/C28H36N2O3/c1-7-29(8-2)16-17-30-24(20-12-10-9-11-13-20)23(26(32)27(30)33)25(31)22-18-21(28(4,5)6)15-14-19(22)3/h9-15,18,24,31H,7-8,16-17H2,1-6H3/b25-23+. The molecule has 0 aromatic heterocycles. The van der Waals surface area contributed by atoms with Crippen LogP contribution in [0, 0.1) is 6.92 Å². The first-order chi connectivity index (χ1) is 15.6. The van der Waals surface area contributed by atoms with E-state index in [1.807, 2.05) is 55.5 Å². The lowest BCUT2D eigenvalue weighted by molar-refractivity contribution is -0.140. The summed E-state index contributed by atoms with van der Waals surface area (Å²) in [6.07, 6.45) is 0. The number of likely N-dealkylation sites (tertiary alicyclic amines) is 1. The van der Waals surface area contributed by atoms with Crippen LogP contribution in [-0.4, -0.2) is 52.8 Å². The monoisotopic (exact) mass is 448 g/mol. The Balaban J connectivity index is 2.15. The third-order valence-electron chi connectivity index (χ3n) is 6.57. The molecule has 176 valence electrons. The zero-order valence-electron chi connectivity index (χ0n) is 20.7. The predicted octanol–water partition coefficient (Wildman–Crippen LogP) is 5.06. The number of aliphatic hydroxyl groups excluding tert-OH is 1. The third kappa shape index (κ3) is 5.03. The van der Waals surface area contributed by atoms with Crippen molar-refractivity contribution in [3.63, 3.8) is 0 Å². The van der Waals surface area contributed by atoms with Crippen LogP contribution in [0.5, 0.6) is 0 Å². The van der Waals surface area contributed by atoms with Crippen LogP contribution in [0.3, 0.4) is 0 Å². The SMILES string of the molecule is CCN(CC)CCN1C(=O)C(=O)/C(=C(/O)c2cc(C(C)(C)C)ccc2C)C1c1ccccc1. The summed E-state index contributed by atoms with van der Waals surface area (Å²) in [5.74, 6) is -1.28. The Bertz CT molecular complexity index is 1050. The third-order valence-corrected chi connectivity index (χ3v) is 6.57. The fourth-order valence-electron chi connectivity index (χ4n) is 4.37. The summed E-state index contributed by atoms with van der Waals surface area (Å²) >= 11 is 0. The number of rotatable bonds is 7. The van der Waals surface area contributed by atoms with Crippen LogP contribution < -0.4 is 0 Å². The smallest absolute Gasteiger partial charge is 0.295 e. The molecule has 33 heavy (non-hydrogen) atoms. The van der Waals surface area contributed by atoms with Crippen LogP contribution in [0.15, 0.2) is 54.1 Å². The number of hydrogen-bond donors (Lipinski definition) is 1. The van der Waals surface area contributed by atoms with Crippen molar-refractivity contribution in [2.75, 3.05) is 26.2 Å². The maximum absolute atomic E-state index is 13.3. The number of likely N-dealkylation sites (N-methyl/N-ethyl adjacent to an activating group) is 1. The van der Waals surface area contributed by atoms with Gasteiger partial charge in [-0.05, 0) is 48.2 Å². The molecular formula is C28H36N2O3. The number of carbonyl (C=O) groups excluding carboxylic acids is 2. The highest BCUT2D eigenvalue weighted by Gasteiger charge is 2.46. The van der Waals surface area contributed by atoms with Gasteiger partial charge in [-0.15, -0.1) is 0 Å². The van der Waals surface area contributed by atoms with E-state index in [1.54, 1.807) is 4.90 Å². The molecule has 2 aromatic rings. The molecule has 0 spiro atoms.